The van der Waals surface area contributed by atoms with E-state index in [9.17, 15) is 0 Å². The van der Waals surface area contributed by atoms with Crippen molar-refractivity contribution >= 4 is 63.8 Å². The minimum Gasteiger partial charge on any atom is -0.134 e. The van der Waals surface area contributed by atoms with E-state index in [1.807, 2.05) is 11.3 Å². The molecule has 9 aromatic rings. The van der Waals surface area contributed by atoms with Crippen LogP contribution < -0.4 is 0 Å². The van der Waals surface area contributed by atoms with E-state index < -0.39 is 0 Å². The molecule has 8 aromatic carbocycles. The first-order valence-electron chi connectivity index (χ1n) is 16.1. The van der Waals surface area contributed by atoms with Gasteiger partial charge < -0.3 is 0 Å². The fourth-order valence-corrected chi connectivity index (χ4v) is 9.69. The number of fused-ring (bicyclic) bond motifs is 11. The van der Waals surface area contributed by atoms with Crippen LogP contribution >= 0.6 is 11.3 Å². The molecule has 216 valence electrons. The average molecular weight is 603 g/mol. The molecule has 46 heavy (non-hydrogen) atoms. The Morgan fingerprint density at radius 2 is 0.957 bits per heavy atom. The van der Waals surface area contributed by atoms with Gasteiger partial charge in [0.1, 0.15) is 0 Å². The molecule has 1 aliphatic rings. The van der Waals surface area contributed by atoms with Gasteiger partial charge in [0.25, 0.3) is 0 Å². The van der Waals surface area contributed by atoms with Gasteiger partial charge in [0.15, 0.2) is 0 Å². The maximum absolute atomic E-state index is 2.50. The van der Waals surface area contributed by atoms with Crippen LogP contribution in [-0.2, 0) is 5.41 Å². The lowest BCUT2D eigenvalue weighted by atomic mass is 9.80. The van der Waals surface area contributed by atoms with Crippen molar-refractivity contribution in [2.45, 2.75) is 19.3 Å². The molecule has 0 bridgehead atoms. The first-order chi connectivity index (χ1) is 22.6. The highest BCUT2D eigenvalue weighted by atomic mass is 32.1. The van der Waals surface area contributed by atoms with Crippen molar-refractivity contribution in [2.75, 3.05) is 0 Å². The Labute approximate surface area is 272 Å². The Morgan fingerprint density at radius 3 is 1.65 bits per heavy atom. The lowest BCUT2D eigenvalue weighted by Crippen LogP contribution is -2.15. The van der Waals surface area contributed by atoms with Gasteiger partial charge in [-0.05, 0) is 77.3 Å². The van der Waals surface area contributed by atoms with Crippen molar-refractivity contribution in [1.82, 2.24) is 0 Å². The highest BCUT2D eigenvalue weighted by Gasteiger charge is 2.37. The van der Waals surface area contributed by atoms with Crippen molar-refractivity contribution < 1.29 is 0 Å². The largest absolute Gasteiger partial charge is 0.134 e. The van der Waals surface area contributed by atoms with Gasteiger partial charge in [-0.1, -0.05) is 153 Å². The maximum atomic E-state index is 2.50. The SMILES string of the molecule is CC1(C)c2cc(-c3c4ccccc4c(-c4ccccc4)c4ccccc34)ccc2-c2c1ccc1c2sc2c3ccccc3ccc12. The summed E-state index contributed by atoms with van der Waals surface area (Å²) in [6.45, 7) is 4.81. The van der Waals surface area contributed by atoms with Crippen LogP contribution in [0.5, 0.6) is 0 Å². The summed E-state index contributed by atoms with van der Waals surface area (Å²) in [6.07, 6.45) is 0. The van der Waals surface area contributed by atoms with Gasteiger partial charge in [-0.3, -0.25) is 0 Å². The van der Waals surface area contributed by atoms with Crippen molar-refractivity contribution in [3.8, 4) is 33.4 Å². The van der Waals surface area contributed by atoms with Crippen LogP contribution in [0.4, 0.5) is 0 Å². The van der Waals surface area contributed by atoms with E-state index in [2.05, 4.69) is 159 Å². The summed E-state index contributed by atoms with van der Waals surface area (Å²) in [4.78, 5) is 0. The molecule has 0 saturated heterocycles. The molecule has 1 heterocycles. The predicted octanol–water partition coefficient (Wildman–Crippen LogP) is 13.2. The van der Waals surface area contributed by atoms with Crippen LogP contribution in [0.15, 0.2) is 146 Å². The molecule has 1 heteroatoms. The van der Waals surface area contributed by atoms with Gasteiger partial charge in [-0.25, -0.2) is 0 Å². The normalized spacial score (nSPS) is 13.6. The summed E-state index contributed by atoms with van der Waals surface area (Å²) in [5.74, 6) is 0. The second kappa shape index (κ2) is 9.39. The summed E-state index contributed by atoms with van der Waals surface area (Å²) in [5, 5.41) is 10.6. The number of hydrogen-bond donors (Lipinski definition) is 0. The molecule has 0 unspecified atom stereocenters. The lowest BCUT2D eigenvalue weighted by Gasteiger charge is -2.23. The van der Waals surface area contributed by atoms with Crippen molar-refractivity contribution in [1.29, 1.82) is 0 Å². The molecule has 0 radical (unpaired) electrons. The summed E-state index contributed by atoms with van der Waals surface area (Å²) < 4.78 is 2.80. The van der Waals surface area contributed by atoms with Crippen LogP contribution in [0.1, 0.15) is 25.0 Å². The van der Waals surface area contributed by atoms with Crippen molar-refractivity contribution in [3.63, 3.8) is 0 Å². The molecule has 1 aliphatic carbocycles. The third kappa shape index (κ3) is 3.44. The number of thiophene rings is 1. The summed E-state index contributed by atoms with van der Waals surface area (Å²) in [7, 11) is 0. The minimum atomic E-state index is -0.108. The quantitative estimate of drug-likeness (QED) is 0.173. The van der Waals surface area contributed by atoms with Crippen LogP contribution in [0.25, 0.3) is 85.9 Å². The number of rotatable bonds is 2. The van der Waals surface area contributed by atoms with Gasteiger partial charge in [-0.15, -0.1) is 11.3 Å². The third-order valence-corrected chi connectivity index (χ3v) is 11.7. The smallest absolute Gasteiger partial charge is 0.0437 e. The Balaban J connectivity index is 1.25. The average Bonchev–Trinajstić information content (AvgIpc) is 3.60. The Hall–Kier alpha value is -5.24. The molecule has 10 rings (SSSR count). The van der Waals surface area contributed by atoms with E-state index in [0.717, 1.165) is 0 Å². The number of benzene rings is 8. The Bertz CT molecular complexity index is 2650. The van der Waals surface area contributed by atoms with E-state index in [1.165, 1.54) is 97.0 Å². The fraction of sp³-hybridized carbons (Fsp3) is 0.0667. The zero-order chi connectivity index (χ0) is 30.6. The Kier molecular flexibility index (Phi) is 5.31. The molecule has 0 saturated carbocycles. The maximum Gasteiger partial charge on any atom is 0.0437 e. The first kappa shape index (κ1) is 26.0. The van der Waals surface area contributed by atoms with Crippen molar-refractivity contribution in [3.05, 3.63) is 157 Å². The molecule has 0 aliphatic heterocycles. The second-order valence-corrected chi connectivity index (χ2v) is 14.2. The van der Waals surface area contributed by atoms with E-state index in [-0.39, 0.29) is 5.41 Å². The van der Waals surface area contributed by atoms with Gasteiger partial charge in [0.05, 0.1) is 0 Å². The minimum absolute atomic E-state index is 0.108. The summed E-state index contributed by atoms with van der Waals surface area (Å²) >= 11 is 1.96. The first-order valence-corrected chi connectivity index (χ1v) is 16.9. The van der Waals surface area contributed by atoms with Gasteiger partial charge >= 0.3 is 0 Å². The topological polar surface area (TPSA) is 0 Å². The lowest BCUT2D eigenvalue weighted by molar-refractivity contribution is 0.661. The zero-order valence-corrected chi connectivity index (χ0v) is 26.6. The van der Waals surface area contributed by atoms with Gasteiger partial charge in [-0.2, -0.15) is 0 Å². The monoisotopic (exact) mass is 602 g/mol. The Morgan fingerprint density at radius 1 is 0.391 bits per heavy atom. The molecular weight excluding hydrogens is 573 g/mol. The summed E-state index contributed by atoms with van der Waals surface area (Å²) in [5.41, 5.74) is 10.7. The van der Waals surface area contributed by atoms with Crippen LogP contribution in [0.3, 0.4) is 0 Å². The van der Waals surface area contributed by atoms with Crippen LogP contribution in [0.2, 0.25) is 0 Å². The number of hydrogen-bond acceptors (Lipinski definition) is 1. The molecular formula is C45H30S. The van der Waals surface area contributed by atoms with E-state index in [4.69, 9.17) is 0 Å². The van der Waals surface area contributed by atoms with E-state index in [1.54, 1.807) is 0 Å². The van der Waals surface area contributed by atoms with Crippen molar-refractivity contribution in [2.24, 2.45) is 0 Å². The molecule has 0 nitrogen and oxygen atoms in total. The molecule has 0 N–H and O–H groups in total. The van der Waals surface area contributed by atoms with E-state index in [0.29, 0.717) is 0 Å². The molecule has 1 aromatic heterocycles. The fourth-order valence-electron chi connectivity index (χ4n) is 8.29. The second-order valence-electron chi connectivity index (χ2n) is 13.2. The van der Waals surface area contributed by atoms with Gasteiger partial charge in [0, 0.05) is 31.2 Å². The highest BCUT2D eigenvalue weighted by molar-refractivity contribution is 7.27. The van der Waals surface area contributed by atoms with Crippen LogP contribution in [0, 0.1) is 0 Å². The molecule has 0 fully saturated rings. The molecule has 0 spiro atoms. The summed E-state index contributed by atoms with van der Waals surface area (Å²) in [6, 6.07) is 54.2. The van der Waals surface area contributed by atoms with Gasteiger partial charge in [0.2, 0.25) is 0 Å². The zero-order valence-electron chi connectivity index (χ0n) is 25.8. The van der Waals surface area contributed by atoms with E-state index >= 15 is 0 Å². The standard InChI is InChI=1S/C45H30S/c1-45(2)38-25-24-36-35-22-20-27-12-6-7-15-30(27)43(35)46-44(36)42(38)37-23-21-29(26-39(37)45)41-33-18-10-8-16-31(33)40(28-13-4-3-5-14-28)32-17-9-11-19-34(32)41/h3-26H,1-2H3. The van der Waals surface area contributed by atoms with Crippen LogP contribution in [-0.4, -0.2) is 0 Å². The molecule has 0 amide bonds. The predicted molar refractivity (Wildman–Crippen MR) is 200 cm³/mol. The highest BCUT2D eigenvalue weighted by Crippen LogP contribution is 2.55. The molecule has 0 atom stereocenters. The third-order valence-electron chi connectivity index (χ3n) is 10.4.